The van der Waals surface area contributed by atoms with E-state index in [9.17, 15) is 4.79 Å². The molecule has 0 atom stereocenters. The van der Waals surface area contributed by atoms with Gasteiger partial charge in [0.25, 0.3) is 5.91 Å². The van der Waals surface area contributed by atoms with Gasteiger partial charge in [0.1, 0.15) is 0 Å². The first kappa shape index (κ1) is 16.2. The lowest BCUT2D eigenvalue weighted by atomic mass is 9.99. The molecule has 0 radical (unpaired) electrons. The SMILES string of the molecule is O=C(c1c2c(nc3ccccc13)CCC2)N1CCN(c2ncccn2)CC1. The van der Waals surface area contributed by atoms with Crippen LogP contribution in [0.3, 0.4) is 0 Å². The van der Waals surface area contributed by atoms with Gasteiger partial charge < -0.3 is 9.80 Å². The Balaban J connectivity index is 1.44. The number of hydrogen-bond acceptors (Lipinski definition) is 5. The normalized spacial score (nSPS) is 16.6. The summed E-state index contributed by atoms with van der Waals surface area (Å²) in [6.07, 6.45) is 6.52. The summed E-state index contributed by atoms with van der Waals surface area (Å²) < 4.78 is 0. The molecule has 0 N–H and O–H groups in total. The maximum absolute atomic E-state index is 13.5. The van der Waals surface area contributed by atoms with Crippen molar-refractivity contribution >= 4 is 22.8 Å². The van der Waals surface area contributed by atoms with Crippen LogP contribution in [0, 0.1) is 0 Å². The molecule has 1 aliphatic carbocycles. The summed E-state index contributed by atoms with van der Waals surface area (Å²) in [5.41, 5.74) is 4.07. The number of pyridine rings is 1. The van der Waals surface area contributed by atoms with Gasteiger partial charge in [-0.2, -0.15) is 0 Å². The molecule has 0 spiro atoms. The third-order valence-corrected chi connectivity index (χ3v) is 5.54. The van der Waals surface area contributed by atoms with E-state index in [0.29, 0.717) is 13.1 Å². The Kier molecular flexibility index (Phi) is 3.96. The zero-order valence-electron chi connectivity index (χ0n) is 15.1. The number of nitrogens with zero attached hydrogens (tertiary/aromatic N) is 5. The predicted octanol–water partition coefficient (Wildman–Crippen LogP) is 2.48. The monoisotopic (exact) mass is 359 g/mol. The van der Waals surface area contributed by atoms with Crippen molar-refractivity contribution in [3.63, 3.8) is 0 Å². The molecule has 1 fully saturated rings. The molecule has 136 valence electrons. The number of fused-ring (bicyclic) bond motifs is 2. The van der Waals surface area contributed by atoms with Crippen LogP contribution in [-0.2, 0) is 12.8 Å². The topological polar surface area (TPSA) is 62.2 Å². The minimum absolute atomic E-state index is 0.139. The highest BCUT2D eigenvalue weighted by molar-refractivity contribution is 6.07. The zero-order valence-corrected chi connectivity index (χ0v) is 15.1. The first-order valence-corrected chi connectivity index (χ1v) is 9.53. The number of aryl methyl sites for hydroxylation is 1. The molecule has 0 unspecified atom stereocenters. The Hall–Kier alpha value is -3.02. The van der Waals surface area contributed by atoms with Crippen molar-refractivity contribution in [2.75, 3.05) is 31.1 Å². The van der Waals surface area contributed by atoms with E-state index >= 15 is 0 Å². The Morgan fingerprint density at radius 1 is 0.926 bits per heavy atom. The van der Waals surface area contributed by atoms with Crippen LogP contribution in [-0.4, -0.2) is 51.9 Å². The molecule has 0 saturated carbocycles. The van der Waals surface area contributed by atoms with E-state index in [1.165, 1.54) is 0 Å². The highest BCUT2D eigenvalue weighted by atomic mass is 16.2. The number of para-hydroxylation sites is 1. The largest absolute Gasteiger partial charge is 0.337 e. The first-order chi connectivity index (χ1) is 13.3. The van der Waals surface area contributed by atoms with E-state index in [0.717, 1.165) is 66.0 Å². The van der Waals surface area contributed by atoms with Crippen LogP contribution >= 0.6 is 0 Å². The summed E-state index contributed by atoms with van der Waals surface area (Å²) in [7, 11) is 0. The number of hydrogen-bond donors (Lipinski definition) is 0. The van der Waals surface area contributed by atoms with Crippen LogP contribution in [0.5, 0.6) is 0 Å². The number of piperazine rings is 1. The standard InChI is InChI=1S/C21H21N5O/c27-20(25-11-13-26(14-12-25)21-22-9-4-10-23-21)19-15-5-1-2-7-17(15)24-18-8-3-6-16(18)19/h1-2,4-5,7,9-10H,3,6,8,11-14H2. The molecule has 3 heterocycles. The van der Waals surface area contributed by atoms with Gasteiger partial charge >= 0.3 is 0 Å². The molecule has 1 amide bonds. The Morgan fingerprint density at radius 3 is 2.52 bits per heavy atom. The number of benzene rings is 1. The third-order valence-electron chi connectivity index (χ3n) is 5.54. The molecule has 2 aliphatic rings. The zero-order chi connectivity index (χ0) is 18.2. The minimum Gasteiger partial charge on any atom is -0.337 e. The van der Waals surface area contributed by atoms with Crippen LogP contribution in [0.25, 0.3) is 10.9 Å². The summed E-state index contributed by atoms with van der Waals surface area (Å²) in [5, 5.41) is 0.983. The van der Waals surface area contributed by atoms with Gasteiger partial charge in [0.15, 0.2) is 0 Å². The molecule has 5 rings (SSSR count). The predicted molar refractivity (Wildman–Crippen MR) is 104 cm³/mol. The lowest BCUT2D eigenvalue weighted by Gasteiger charge is -2.35. The van der Waals surface area contributed by atoms with Crippen molar-refractivity contribution in [3.8, 4) is 0 Å². The summed E-state index contributed by atoms with van der Waals surface area (Å²) in [5.74, 6) is 0.875. The van der Waals surface area contributed by atoms with Crippen LogP contribution in [0.2, 0.25) is 0 Å². The summed E-state index contributed by atoms with van der Waals surface area (Å²) in [4.78, 5) is 31.0. The molecule has 1 aliphatic heterocycles. The van der Waals surface area contributed by atoms with Gasteiger partial charge in [-0.15, -0.1) is 0 Å². The van der Waals surface area contributed by atoms with Gasteiger partial charge in [-0.25, -0.2) is 9.97 Å². The highest BCUT2D eigenvalue weighted by Gasteiger charge is 2.29. The van der Waals surface area contributed by atoms with E-state index < -0.39 is 0 Å². The number of aromatic nitrogens is 3. The second-order valence-electron chi connectivity index (χ2n) is 7.11. The lowest BCUT2D eigenvalue weighted by molar-refractivity contribution is 0.0747. The fraction of sp³-hybridized carbons (Fsp3) is 0.333. The van der Waals surface area contributed by atoms with E-state index in [2.05, 4.69) is 14.9 Å². The molecular formula is C21H21N5O. The number of carbonyl (C=O) groups is 1. The fourth-order valence-corrected chi connectivity index (χ4v) is 4.18. The van der Waals surface area contributed by atoms with Crippen LogP contribution in [0.4, 0.5) is 5.95 Å². The minimum atomic E-state index is 0.139. The Morgan fingerprint density at radius 2 is 1.70 bits per heavy atom. The average molecular weight is 359 g/mol. The molecule has 6 nitrogen and oxygen atoms in total. The van der Waals surface area contributed by atoms with E-state index in [1.54, 1.807) is 12.4 Å². The van der Waals surface area contributed by atoms with Crippen molar-refractivity contribution in [1.82, 2.24) is 19.9 Å². The molecule has 1 aromatic carbocycles. The maximum Gasteiger partial charge on any atom is 0.255 e. The van der Waals surface area contributed by atoms with Crippen molar-refractivity contribution in [2.24, 2.45) is 0 Å². The van der Waals surface area contributed by atoms with E-state index in [4.69, 9.17) is 4.98 Å². The second-order valence-corrected chi connectivity index (χ2v) is 7.11. The summed E-state index contributed by atoms with van der Waals surface area (Å²) in [6.45, 7) is 2.87. The van der Waals surface area contributed by atoms with E-state index in [1.807, 2.05) is 35.2 Å². The summed E-state index contributed by atoms with van der Waals surface area (Å²) >= 11 is 0. The molecule has 27 heavy (non-hydrogen) atoms. The van der Waals surface area contributed by atoms with Gasteiger partial charge in [0, 0.05) is 49.7 Å². The first-order valence-electron chi connectivity index (χ1n) is 9.53. The number of carbonyl (C=O) groups excluding carboxylic acids is 1. The molecule has 6 heteroatoms. The van der Waals surface area contributed by atoms with Crippen LogP contribution in [0.15, 0.2) is 42.7 Å². The lowest BCUT2D eigenvalue weighted by Crippen LogP contribution is -2.49. The Bertz CT molecular complexity index is 996. The molecule has 0 bridgehead atoms. The highest BCUT2D eigenvalue weighted by Crippen LogP contribution is 2.31. The second kappa shape index (κ2) is 6.61. The third kappa shape index (κ3) is 2.81. The van der Waals surface area contributed by atoms with Gasteiger partial charge in [-0.05, 0) is 37.0 Å². The fourth-order valence-electron chi connectivity index (χ4n) is 4.18. The molecular weight excluding hydrogens is 338 g/mol. The van der Waals surface area contributed by atoms with E-state index in [-0.39, 0.29) is 5.91 Å². The van der Waals surface area contributed by atoms with Gasteiger partial charge in [0.2, 0.25) is 5.95 Å². The average Bonchev–Trinajstić information content (AvgIpc) is 3.20. The van der Waals surface area contributed by atoms with Crippen molar-refractivity contribution in [2.45, 2.75) is 19.3 Å². The number of anilines is 1. The van der Waals surface area contributed by atoms with Crippen LogP contribution in [0.1, 0.15) is 28.0 Å². The van der Waals surface area contributed by atoms with Crippen LogP contribution < -0.4 is 4.90 Å². The van der Waals surface area contributed by atoms with Crippen molar-refractivity contribution in [1.29, 1.82) is 0 Å². The smallest absolute Gasteiger partial charge is 0.255 e. The molecule has 1 saturated heterocycles. The molecule has 3 aromatic rings. The molecule has 2 aromatic heterocycles. The maximum atomic E-state index is 13.5. The van der Waals surface area contributed by atoms with Gasteiger partial charge in [-0.3, -0.25) is 9.78 Å². The quantitative estimate of drug-likeness (QED) is 0.703. The number of amides is 1. The number of rotatable bonds is 2. The van der Waals surface area contributed by atoms with Crippen molar-refractivity contribution in [3.05, 3.63) is 59.5 Å². The Labute approximate surface area is 157 Å². The van der Waals surface area contributed by atoms with Gasteiger partial charge in [0.05, 0.1) is 11.1 Å². The van der Waals surface area contributed by atoms with Gasteiger partial charge in [-0.1, -0.05) is 18.2 Å². The van der Waals surface area contributed by atoms with Crippen molar-refractivity contribution < 1.29 is 4.79 Å². The summed E-state index contributed by atoms with van der Waals surface area (Å²) in [6, 6.07) is 9.84.